The highest BCUT2D eigenvalue weighted by Crippen LogP contribution is 2.72. The summed E-state index contributed by atoms with van der Waals surface area (Å²) in [5.41, 5.74) is 1.49. The number of aliphatic carboxylic acids is 1. The Morgan fingerprint density at radius 2 is 2.33 bits per heavy atom. The van der Waals surface area contributed by atoms with E-state index < -0.39 is 5.97 Å². The number of aliphatic imine (C=N–C) groups is 1. The van der Waals surface area contributed by atoms with E-state index in [1.165, 1.54) is 4.76 Å². The standard InChI is InChI=1S/C13H12N2O3/c16-11(17)10-6-8-9(14-10)2-4-13-7-12(8,13)3-1-5-15(13)18/h2,6H,1,3-5,7H2/p+1. The van der Waals surface area contributed by atoms with Crippen LogP contribution in [0.2, 0.25) is 0 Å². The molecule has 18 heavy (non-hydrogen) atoms. The lowest BCUT2D eigenvalue weighted by Crippen LogP contribution is -2.40. The van der Waals surface area contributed by atoms with E-state index in [9.17, 15) is 9.70 Å². The molecule has 2 atom stereocenters. The van der Waals surface area contributed by atoms with Crippen LogP contribution in [0, 0.1) is 10.3 Å². The molecule has 1 saturated heterocycles. The second-order valence-electron chi connectivity index (χ2n) is 5.65. The minimum atomic E-state index is -0.991. The molecule has 1 N–H and O–H groups in total. The molecule has 2 fully saturated rings. The third-order valence-corrected chi connectivity index (χ3v) is 4.97. The SMILES string of the molecule is O=C(O)C1=NC2=CCC34CC3(CCC[N+]4=O)C2=C1. The second kappa shape index (κ2) is 2.79. The molecule has 2 aliphatic heterocycles. The molecule has 0 bridgehead atoms. The van der Waals surface area contributed by atoms with Crippen LogP contribution in [0.4, 0.5) is 0 Å². The van der Waals surface area contributed by atoms with Crippen LogP contribution in [0.15, 0.2) is 28.4 Å². The average Bonchev–Trinajstić information content (AvgIpc) is 2.85. The van der Waals surface area contributed by atoms with E-state index in [4.69, 9.17) is 5.11 Å². The van der Waals surface area contributed by atoms with E-state index in [1.54, 1.807) is 6.08 Å². The lowest BCUT2D eigenvalue weighted by atomic mass is 9.77. The number of rotatable bonds is 1. The molecule has 0 amide bonds. The van der Waals surface area contributed by atoms with E-state index in [2.05, 4.69) is 4.99 Å². The molecule has 2 unspecified atom stereocenters. The molecule has 2 heterocycles. The van der Waals surface area contributed by atoms with Crippen LogP contribution >= 0.6 is 0 Å². The Kier molecular flexibility index (Phi) is 1.58. The predicted octanol–water partition coefficient (Wildman–Crippen LogP) is 1.44. The minimum Gasteiger partial charge on any atom is -0.477 e. The summed E-state index contributed by atoms with van der Waals surface area (Å²) in [4.78, 5) is 27.3. The highest BCUT2D eigenvalue weighted by atomic mass is 16.4. The van der Waals surface area contributed by atoms with E-state index in [-0.39, 0.29) is 16.7 Å². The van der Waals surface area contributed by atoms with Crippen molar-refractivity contribution >= 4 is 11.7 Å². The average molecular weight is 245 g/mol. The fourth-order valence-electron chi connectivity index (χ4n) is 4.04. The van der Waals surface area contributed by atoms with Gasteiger partial charge in [0, 0.05) is 28.9 Å². The van der Waals surface area contributed by atoms with Crippen LogP contribution in [-0.4, -0.2) is 33.6 Å². The molecular weight excluding hydrogens is 232 g/mol. The Morgan fingerprint density at radius 3 is 3.11 bits per heavy atom. The first-order chi connectivity index (χ1) is 8.59. The number of carbonyl (C=O) groups is 1. The molecular formula is C13H13N2O3+. The first-order valence-corrected chi connectivity index (χ1v) is 6.29. The van der Waals surface area contributed by atoms with Crippen LogP contribution < -0.4 is 0 Å². The summed E-state index contributed by atoms with van der Waals surface area (Å²) in [5, 5.41) is 9.03. The van der Waals surface area contributed by atoms with Gasteiger partial charge >= 0.3 is 5.97 Å². The van der Waals surface area contributed by atoms with Gasteiger partial charge in [0.2, 0.25) is 5.54 Å². The predicted molar refractivity (Wildman–Crippen MR) is 63.4 cm³/mol. The zero-order chi connectivity index (χ0) is 12.5. The third kappa shape index (κ3) is 0.911. The molecule has 2 aliphatic carbocycles. The zero-order valence-corrected chi connectivity index (χ0v) is 9.85. The summed E-state index contributed by atoms with van der Waals surface area (Å²) in [6.45, 7) is 0.602. The molecule has 5 nitrogen and oxygen atoms in total. The summed E-state index contributed by atoms with van der Waals surface area (Å²) in [6, 6.07) is 0. The van der Waals surface area contributed by atoms with Gasteiger partial charge in [0.15, 0.2) is 6.54 Å². The van der Waals surface area contributed by atoms with Crippen molar-refractivity contribution in [1.29, 1.82) is 0 Å². The first-order valence-electron chi connectivity index (χ1n) is 6.29. The molecule has 0 aromatic heterocycles. The highest BCUT2D eigenvalue weighted by Gasteiger charge is 2.82. The van der Waals surface area contributed by atoms with E-state index >= 15 is 0 Å². The van der Waals surface area contributed by atoms with Gasteiger partial charge in [-0.1, -0.05) is 6.08 Å². The van der Waals surface area contributed by atoms with Crippen molar-refractivity contribution in [3.8, 4) is 0 Å². The van der Waals surface area contributed by atoms with Crippen molar-refractivity contribution in [2.45, 2.75) is 31.2 Å². The number of fused-ring (bicyclic) bond motifs is 1. The largest absolute Gasteiger partial charge is 0.477 e. The summed E-state index contributed by atoms with van der Waals surface area (Å²) in [6.07, 6.45) is 7.05. The normalized spacial score (nSPS) is 40.0. The maximum atomic E-state index is 12.1. The fraction of sp³-hybridized carbons (Fsp3) is 0.538. The minimum absolute atomic E-state index is 0.108. The number of hydrogen-bond acceptors (Lipinski definition) is 3. The van der Waals surface area contributed by atoms with Crippen molar-refractivity contribution in [2.24, 2.45) is 10.4 Å². The van der Waals surface area contributed by atoms with Gasteiger partial charge in [-0.2, -0.15) is 0 Å². The van der Waals surface area contributed by atoms with Crippen LogP contribution in [0.1, 0.15) is 25.7 Å². The summed E-state index contributed by atoms with van der Waals surface area (Å²) in [5.74, 6) is -0.991. The van der Waals surface area contributed by atoms with Crippen molar-refractivity contribution in [2.75, 3.05) is 6.54 Å². The van der Waals surface area contributed by atoms with Gasteiger partial charge in [-0.05, 0) is 18.1 Å². The topological polar surface area (TPSA) is 69.7 Å². The molecule has 1 saturated carbocycles. The third-order valence-electron chi connectivity index (χ3n) is 4.97. The molecule has 4 rings (SSSR count). The van der Waals surface area contributed by atoms with E-state index in [0.717, 1.165) is 30.5 Å². The molecule has 5 heteroatoms. The maximum absolute atomic E-state index is 12.1. The van der Waals surface area contributed by atoms with Crippen LogP contribution in [-0.2, 0) is 4.79 Å². The number of piperidine rings is 1. The Morgan fingerprint density at radius 1 is 1.50 bits per heavy atom. The van der Waals surface area contributed by atoms with Crippen molar-refractivity contribution in [1.82, 2.24) is 0 Å². The van der Waals surface area contributed by atoms with Crippen LogP contribution in [0.3, 0.4) is 0 Å². The van der Waals surface area contributed by atoms with Crippen molar-refractivity contribution in [3.05, 3.63) is 28.3 Å². The van der Waals surface area contributed by atoms with Crippen molar-refractivity contribution in [3.63, 3.8) is 0 Å². The zero-order valence-electron chi connectivity index (χ0n) is 9.85. The number of nitroso groups, excluding NO2 is 1. The quantitative estimate of drug-likeness (QED) is 0.711. The number of nitrogens with zero attached hydrogens (tertiary/aromatic N) is 2. The Hall–Kier alpha value is -1.78. The number of carboxylic acid groups (broad SMARTS) is 1. The summed E-state index contributed by atoms with van der Waals surface area (Å²) < 4.78 is 1.23. The molecule has 0 aromatic carbocycles. The first kappa shape index (κ1) is 10.2. The van der Waals surface area contributed by atoms with E-state index in [0.29, 0.717) is 13.0 Å². The lowest BCUT2D eigenvalue weighted by Gasteiger charge is -2.27. The maximum Gasteiger partial charge on any atom is 0.354 e. The van der Waals surface area contributed by atoms with Gasteiger partial charge in [-0.15, -0.1) is 0 Å². The summed E-state index contributed by atoms with van der Waals surface area (Å²) in [7, 11) is 0. The number of allylic oxidation sites excluding steroid dienone is 1. The fourth-order valence-corrected chi connectivity index (χ4v) is 4.04. The molecule has 92 valence electrons. The van der Waals surface area contributed by atoms with Gasteiger partial charge in [0.05, 0.1) is 11.1 Å². The Bertz CT molecular complexity index is 601. The van der Waals surface area contributed by atoms with Gasteiger partial charge in [0.1, 0.15) is 5.71 Å². The molecule has 0 spiro atoms. The highest BCUT2D eigenvalue weighted by molar-refractivity contribution is 6.41. The monoisotopic (exact) mass is 245 g/mol. The van der Waals surface area contributed by atoms with Crippen molar-refractivity contribution < 1.29 is 14.7 Å². The lowest BCUT2D eigenvalue weighted by molar-refractivity contribution is -0.615. The van der Waals surface area contributed by atoms with Gasteiger partial charge in [0.25, 0.3) is 0 Å². The number of carboxylic acids is 1. The molecule has 4 aliphatic rings. The van der Waals surface area contributed by atoms with E-state index in [1.807, 2.05) is 6.08 Å². The molecule has 0 radical (unpaired) electrons. The number of hydrogen-bond donors (Lipinski definition) is 1. The summed E-state index contributed by atoms with van der Waals surface area (Å²) >= 11 is 0. The Labute approximate surface area is 103 Å². The van der Waals surface area contributed by atoms with Gasteiger partial charge < -0.3 is 5.11 Å². The van der Waals surface area contributed by atoms with Crippen LogP contribution in [0.5, 0.6) is 0 Å². The van der Waals surface area contributed by atoms with Gasteiger partial charge in [-0.3, -0.25) is 0 Å². The molecule has 0 aromatic rings. The smallest absolute Gasteiger partial charge is 0.354 e. The van der Waals surface area contributed by atoms with Crippen LogP contribution in [0.25, 0.3) is 0 Å². The van der Waals surface area contributed by atoms with Gasteiger partial charge in [-0.25, -0.2) is 9.79 Å². The second-order valence-corrected chi connectivity index (χ2v) is 5.65. The Balaban J connectivity index is 1.84.